The summed E-state index contributed by atoms with van der Waals surface area (Å²) < 4.78 is 26.4. The molecule has 9 heteroatoms. The van der Waals surface area contributed by atoms with E-state index in [1.807, 2.05) is 30.3 Å². The van der Waals surface area contributed by atoms with Gasteiger partial charge in [-0.3, -0.25) is 5.10 Å². The largest absolute Gasteiger partial charge is 0.323 e. The van der Waals surface area contributed by atoms with E-state index in [0.29, 0.717) is 33.8 Å². The standard InChI is InChI=1S/C20H15F2N5S2/c21-28-12-7-8-14(17(9-12)29-22)20-23-15-4-2-1-3-13(15)19(25-20)24-18-10-16(26-27-18)11-5-6-11/h1-4,7-11H,5-6H2,(H2,23,24,25,26,27). The monoisotopic (exact) mass is 427 g/mol. The molecule has 0 spiro atoms. The lowest BCUT2D eigenvalue weighted by atomic mass is 10.1. The number of anilines is 2. The van der Waals surface area contributed by atoms with Gasteiger partial charge in [-0.25, -0.2) is 9.97 Å². The number of H-pyrrole nitrogens is 1. The number of aromatic nitrogens is 4. The predicted molar refractivity (Wildman–Crippen MR) is 113 cm³/mol. The summed E-state index contributed by atoms with van der Waals surface area (Å²) in [6, 6.07) is 14.3. The first-order valence-corrected chi connectivity index (χ1v) is 10.5. The van der Waals surface area contributed by atoms with E-state index in [1.165, 1.54) is 18.9 Å². The molecule has 0 unspecified atom stereocenters. The van der Waals surface area contributed by atoms with E-state index in [2.05, 4.69) is 25.5 Å². The second kappa shape index (κ2) is 7.64. The van der Waals surface area contributed by atoms with E-state index < -0.39 is 0 Å². The normalized spacial score (nSPS) is 13.7. The number of nitrogens with one attached hydrogen (secondary N) is 2. The minimum absolute atomic E-state index is 0.0507. The summed E-state index contributed by atoms with van der Waals surface area (Å²) in [5, 5.41) is 11.5. The van der Waals surface area contributed by atoms with Crippen molar-refractivity contribution < 1.29 is 7.77 Å². The number of hydrogen-bond donors (Lipinski definition) is 2. The Morgan fingerprint density at radius 1 is 1.00 bits per heavy atom. The summed E-state index contributed by atoms with van der Waals surface area (Å²) in [5.41, 5.74) is 2.34. The van der Waals surface area contributed by atoms with Gasteiger partial charge in [0.15, 0.2) is 11.6 Å². The molecule has 1 aliphatic carbocycles. The Kier molecular flexibility index (Phi) is 4.84. The molecule has 1 aliphatic rings. The summed E-state index contributed by atoms with van der Waals surface area (Å²) >= 11 is 0.125. The fourth-order valence-corrected chi connectivity index (χ4v) is 3.99. The highest BCUT2D eigenvalue weighted by molar-refractivity contribution is 7.95. The molecule has 2 N–H and O–H groups in total. The van der Waals surface area contributed by atoms with Crippen LogP contribution in [0, 0.1) is 0 Å². The summed E-state index contributed by atoms with van der Waals surface area (Å²) in [7, 11) is 0. The molecular formula is C20H15F2N5S2. The highest BCUT2D eigenvalue weighted by atomic mass is 32.2. The molecule has 29 heavy (non-hydrogen) atoms. The summed E-state index contributed by atoms with van der Waals surface area (Å²) in [4.78, 5) is 9.84. The smallest absolute Gasteiger partial charge is 0.163 e. The number of benzene rings is 2. The van der Waals surface area contributed by atoms with Crippen LogP contribution in [0.2, 0.25) is 0 Å². The molecule has 0 amide bonds. The summed E-state index contributed by atoms with van der Waals surface area (Å²) in [5.74, 6) is 2.18. The van der Waals surface area contributed by atoms with Crippen molar-refractivity contribution in [1.82, 2.24) is 20.2 Å². The number of aromatic amines is 1. The van der Waals surface area contributed by atoms with Crippen molar-refractivity contribution >= 4 is 46.8 Å². The van der Waals surface area contributed by atoms with E-state index in [0.717, 1.165) is 16.6 Å². The van der Waals surface area contributed by atoms with Crippen LogP contribution in [0.15, 0.2) is 58.3 Å². The van der Waals surface area contributed by atoms with Gasteiger partial charge in [-0.1, -0.05) is 12.1 Å². The molecular weight excluding hydrogens is 412 g/mol. The van der Waals surface area contributed by atoms with E-state index >= 15 is 0 Å². The zero-order valence-corrected chi connectivity index (χ0v) is 16.7. The molecule has 0 bridgehead atoms. The fraction of sp³-hybridized carbons (Fsp3) is 0.150. The topological polar surface area (TPSA) is 66.5 Å². The van der Waals surface area contributed by atoms with Crippen LogP contribution in [-0.4, -0.2) is 20.2 Å². The minimum Gasteiger partial charge on any atom is -0.323 e. The first-order valence-electron chi connectivity index (χ1n) is 9.06. The van der Waals surface area contributed by atoms with Gasteiger partial charge >= 0.3 is 0 Å². The lowest BCUT2D eigenvalue weighted by Crippen LogP contribution is -2.00. The highest BCUT2D eigenvalue weighted by Gasteiger charge is 2.25. The lowest BCUT2D eigenvalue weighted by molar-refractivity contribution is 0.926. The zero-order valence-electron chi connectivity index (χ0n) is 15.0. The van der Waals surface area contributed by atoms with Gasteiger partial charge in [0, 0.05) is 33.5 Å². The van der Waals surface area contributed by atoms with Gasteiger partial charge in [0.05, 0.1) is 34.7 Å². The van der Waals surface area contributed by atoms with Crippen molar-refractivity contribution in [3.05, 3.63) is 54.2 Å². The van der Waals surface area contributed by atoms with Gasteiger partial charge in [0.1, 0.15) is 5.82 Å². The Balaban J connectivity index is 1.60. The van der Waals surface area contributed by atoms with Gasteiger partial charge in [-0.2, -0.15) is 12.9 Å². The number of rotatable bonds is 6. The van der Waals surface area contributed by atoms with Crippen LogP contribution in [0.1, 0.15) is 24.5 Å². The quantitative estimate of drug-likeness (QED) is 0.362. The first-order chi connectivity index (χ1) is 14.2. The molecule has 2 aromatic heterocycles. The maximum atomic E-state index is 13.5. The minimum atomic E-state index is 0.0507. The van der Waals surface area contributed by atoms with Gasteiger partial charge in [-0.15, -0.1) is 0 Å². The molecule has 0 radical (unpaired) electrons. The summed E-state index contributed by atoms with van der Waals surface area (Å²) in [6.45, 7) is 0. The predicted octanol–water partition coefficient (Wildman–Crippen LogP) is 6.59. The fourth-order valence-electron chi connectivity index (χ4n) is 3.22. The van der Waals surface area contributed by atoms with Crippen molar-refractivity contribution in [3.8, 4) is 11.4 Å². The molecule has 2 aromatic carbocycles. The maximum absolute atomic E-state index is 13.5. The van der Waals surface area contributed by atoms with Crippen LogP contribution in [0.25, 0.3) is 22.3 Å². The van der Waals surface area contributed by atoms with Crippen LogP contribution in [0.4, 0.5) is 19.4 Å². The van der Waals surface area contributed by atoms with Gasteiger partial charge < -0.3 is 5.32 Å². The van der Waals surface area contributed by atoms with Gasteiger partial charge in [-0.05, 0) is 43.2 Å². The molecule has 5 nitrogen and oxygen atoms in total. The van der Waals surface area contributed by atoms with Crippen molar-refractivity contribution in [3.63, 3.8) is 0 Å². The summed E-state index contributed by atoms with van der Waals surface area (Å²) in [6.07, 6.45) is 2.36. The number of fused-ring (bicyclic) bond motifs is 1. The molecule has 1 saturated carbocycles. The third-order valence-electron chi connectivity index (χ3n) is 4.83. The van der Waals surface area contributed by atoms with E-state index in [-0.39, 0.29) is 29.2 Å². The third kappa shape index (κ3) is 3.67. The van der Waals surface area contributed by atoms with Crippen LogP contribution < -0.4 is 5.32 Å². The number of hydrogen-bond acceptors (Lipinski definition) is 6. The van der Waals surface area contributed by atoms with E-state index in [1.54, 1.807) is 12.1 Å². The average molecular weight is 428 g/mol. The second-order valence-corrected chi connectivity index (χ2v) is 8.05. The van der Waals surface area contributed by atoms with E-state index in [4.69, 9.17) is 0 Å². The SMILES string of the molecule is FSc1ccc(-c2nc(Nc3cc(C4CC4)[nH]n3)c3ccccc3n2)c(SF)c1. The van der Waals surface area contributed by atoms with Crippen LogP contribution in [0.3, 0.4) is 0 Å². The van der Waals surface area contributed by atoms with Gasteiger partial charge in [0.2, 0.25) is 0 Å². The van der Waals surface area contributed by atoms with Gasteiger partial charge in [0.25, 0.3) is 0 Å². The Morgan fingerprint density at radius 2 is 1.86 bits per heavy atom. The van der Waals surface area contributed by atoms with E-state index in [9.17, 15) is 7.77 Å². The maximum Gasteiger partial charge on any atom is 0.163 e. The van der Waals surface area contributed by atoms with Crippen LogP contribution in [-0.2, 0) is 0 Å². The van der Waals surface area contributed by atoms with Crippen molar-refractivity contribution in [2.75, 3.05) is 5.32 Å². The molecule has 146 valence electrons. The van der Waals surface area contributed by atoms with Crippen LogP contribution in [0.5, 0.6) is 0 Å². The second-order valence-electron chi connectivity index (χ2n) is 6.83. The molecule has 2 heterocycles. The third-order valence-corrected chi connectivity index (χ3v) is 5.77. The Labute approximate surface area is 174 Å². The molecule has 4 aromatic rings. The van der Waals surface area contributed by atoms with Crippen LogP contribution >= 0.6 is 24.3 Å². The Morgan fingerprint density at radius 3 is 2.66 bits per heavy atom. The van der Waals surface area contributed by atoms with Crippen molar-refractivity contribution in [1.29, 1.82) is 0 Å². The molecule has 1 fully saturated rings. The molecule has 5 rings (SSSR count). The Hall–Kier alpha value is -2.65. The van der Waals surface area contributed by atoms with Crippen molar-refractivity contribution in [2.24, 2.45) is 0 Å². The lowest BCUT2D eigenvalue weighted by Gasteiger charge is -2.11. The molecule has 0 saturated heterocycles. The average Bonchev–Trinajstić information content (AvgIpc) is 3.52. The zero-order chi connectivity index (χ0) is 19.8. The van der Waals surface area contributed by atoms with Crippen molar-refractivity contribution in [2.45, 2.75) is 28.6 Å². The molecule has 0 atom stereocenters. The number of nitrogens with zero attached hydrogens (tertiary/aromatic N) is 3. The Bertz CT molecular complexity index is 1190. The number of halogens is 2. The number of para-hydroxylation sites is 1. The molecule has 0 aliphatic heterocycles. The first kappa shape index (κ1) is 18.4. The highest BCUT2D eigenvalue weighted by Crippen LogP contribution is 2.40.